The number of hydrogen-bond donors (Lipinski definition) is 1. The Hall–Kier alpha value is -2.10. The molecule has 0 saturated heterocycles. The summed E-state index contributed by atoms with van der Waals surface area (Å²) in [6, 6.07) is 18.1. The number of benzene rings is 2. The minimum Gasteiger partial charge on any atom is -0.455 e. The van der Waals surface area contributed by atoms with E-state index in [0.717, 1.165) is 35.7 Å². The highest BCUT2D eigenvalue weighted by Gasteiger charge is 2.06. The average molecular weight is 317 g/mol. The fourth-order valence-corrected chi connectivity index (χ4v) is 2.38. The van der Waals surface area contributed by atoms with Crippen molar-refractivity contribution in [2.75, 3.05) is 0 Å². The molecule has 4 heteroatoms. The molecule has 112 valence electrons. The van der Waals surface area contributed by atoms with E-state index in [-0.39, 0.29) is 5.82 Å². The van der Waals surface area contributed by atoms with E-state index in [2.05, 4.69) is 5.32 Å². The van der Waals surface area contributed by atoms with Crippen LogP contribution >= 0.6 is 11.6 Å². The summed E-state index contributed by atoms with van der Waals surface area (Å²) in [7, 11) is 0. The van der Waals surface area contributed by atoms with Crippen molar-refractivity contribution in [3.8, 4) is 11.3 Å². The molecule has 3 aromatic rings. The lowest BCUT2D eigenvalue weighted by molar-refractivity contribution is -0.687. The minimum absolute atomic E-state index is 0.206. The molecule has 22 heavy (non-hydrogen) atoms. The van der Waals surface area contributed by atoms with Gasteiger partial charge in [0.2, 0.25) is 0 Å². The Morgan fingerprint density at radius 1 is 0.864 bits per heavy atom. The van der Waals surface area contributed by atoms with Gasteiger partial charge in [0.1, 0.15) is 24.7 Å². The van der Waals surface area contributed by atoms with Crippen LogP contribution in [-0.4, -0.2) is 0 Å². The largest absolute Gasteiger partial charge is 0.455 e. The van der Waals surface area contributed by atoms with Crippen LogP contribution in [0.3, 0.4) is 0 Å². The van der Waals surface area contributed by atoms with Crippen LogP contribution in [0.25, 0.3) is 11.3 Å². The molecule has 0 aliphatic rings. The summed E-state index contributed by atoms with van der Waals surface area (Å²) in [6.07, 6.45) is 0. The van der Waals surface area contributed by atoms with Gasteiger partial charge < -0.3 is 9.73 Å². The van der Waals surface area contributed by atoms with Crippen LogP contribution in [-0.2, 0) is 13.1 Å². The molecule has 0 spiro atoms. The lowest BCUT2D eigenvalue weighted by atomic mass is 10.2. The molecule has 0 aliphatic carbocycles. The Balaban J connectivity index is 1.57. The highest BCUT2D eigenvalue weighted by atomic mass is 35.5. The Labute approximate surface area is 133 Å². The summed E-state index contributed by atoms with van der Waals surface area (Å²) in [6.45, 7) is 1.53. The zero-order valence-electron chi connectivity index (χ0n) is 11.9. The maximum atomic E-state index is 12.8. The molecule has 0 fully saturated rings. The van der Waals surface area contributed by atoms with Crippen LogP contribution in [0.15, 0.2) is 65.1 Å². The number of hydrogen-bond acceptors (Lipinski definition) is 1. The first-order valence-electron chi connectivity index (χ1n) is 7.11. The lowest BCUT2D eigenvalue weighted by Gasteiger charge is -2.01. The standard InChI is InChI=1S/C18H15ClFNO/c19-15-5-3-14(4-6-15)18-10-9-17(22-18)12-21-11-13-1-7-16(20)8-2-13/h1-10,21H,11-12H2/p+1. The summed E-state index contributed by atoms with van der Waals surface area (Å²) < 4.78 is 18.7. The highest BCUT2D eigenvalue weighted by molar-refractivity contribution is 6.30. The van der Waals surface area contributed by atoms with E-state index in [0.29, 0.717) is 5.02 Å². The first kappa shape index (κ1) is 14.8. The van der Waals surface area contributed by atoms with Gasteiger partial charge >= 0.3 is 0 Å². The van der Waals surface area contributed by atoms with Gasteiger partial charge in [0.05, 0.1) is 0 Å². The third kappa shape index (κ3) is 3.75. The fraction of sp³-hybridized carbons (Fsp3) is 0.111. The molecule has 2 nitrogen and oxygen atoms in total. The van der Waals surface area contributed by atoms with Crippen LogP contribution in [0.1, 0.15) is 11.3 Å². The number of furan rings is 1. The highest BCUT2D eigenvalue weighted by Crippen LogP contribution is 2.23. The molecule has 0 bridgehead atoms. The second kappa shape index (κ2) is 6.77. The van der Waals surface area contributed by atoms with Crippen molar-refractivity contribution in [2.24, 2.45) is 0 Å². The maximum Gasteiger partial charge on any atom is 0.158 e. The van der Waals surface area contributed by atoms with Crippen LogP contribution in [0, 0.1) is 5.82 Å². The molecule has 1 aromatic heterocycles. The van der Waals surface area contributed by atoms with Crippen molar-refractivity contribution < 1.29 is 14.1 Å². The Bertz CT molecular complexity index is 735. The predicted molar refractivity (Wildman–Crippen MR) is 84.9 cm³/mol. The zero-order chi connectivity index (χ0) is 15.4. The first-order chi connectivity index (χ1) is 10.7. The third-order valence-corrected chi connectivity index (χ3v) is 3.68. The quantitative estimate of drug-likeness (QED) is 0.757. The van der Waals surface area contributed by atoms with E-state index in [4.69, 9.17) is 16.0 Å². The number of quaternary nitrogens is 1. The molecule has 0 amide bonds. The second-order valence-corrected chi connectivity index (χ2v) is 5.53. The lowest BCUT2D eigenvalue weighted by Crippen LogP contribution is -2.80. The normalized spacial score (nSPS) is 10.8. The summed E-state index contributed by atoms with van der Waals surface area (Å²) >= 11 is 5.88. The fourth-order valence-electron chi connectivity index (χ4n) is 2.26. The number of halogens is 2. The van der Waals surface area contributed by atoms with Gasteiger partial charge in [-0.1, -0.05) is 23.7 Å². The van der Waals surface area contributed by atoms with Crippen molar-refractivity contribution in [2.45, 2.75) is 13.1 Å². The van der Waals surface area contributed by atoms with Crippen molar-refractivity contribution >= 4 is 11.6 Å². The van der Waals surface area contributed by atoms with Crippen molar-refractivity contribution in [1.29, 1.82) is 0 Å². The molecule has 0 unspecified atom stereocenters. The van der Waals surface area contributed by atoms with Gasteiger partial charge in [-0.05, 0) is 48.5 Å². The van der Waals surface area contributed by atoms with Crippen LogP contribution < -0.4 is 5.32 Å². The molecule has 2 N–H and O–H groups in total. The zero-order valence-corrected chi connectivity index (χ0v) is 12.7. The Morgan fingerprint density at radius 3 is 2.32 bits per heavy atom. The summed E-state index contributed by atoms with van der Waals surface area (Å²) in [4.78, 5) is 0. The van der Waals surface area contributed by atoms with E-state index in [9.17, 15) is 4.39 Å². The first-order valence-corrected chi connectivity index (χ1v) is 7.49. The summed E-state index contributed by atoms with van der Waals surface area (Å²) in [5, 5.41) is 2.83. The van der Waals surface area contributed by atoms with Gasteiger partial charge in [-0.3, -0.25) is 0 Å². The SMILES string of the molecule is Fc1ccc(C[NH2+]Cc2ccc(-c3ccc(Cl)cc3)o2)cc1. The van der Waals surface area contributed by atoms with E-state index >= 15 is 0 Å². The predicted octanol–water partition coefficient (Wildman–Crippen LogP) is 4.00. The molecular weight excluding hydrogens is 301 g/mol. The molecular formula is C18H16ClFNO+. The molecule has 3 rings (SSSR count). The van der Waals surface area contributed by atoms with Gasteiger partial charge in [-0.2, -0.15) is 0 Å². The number of nitrogens with two attached hydrogens (primary N) is 1. The molecule has 2 aromatic carbocycles. The van der Waals surface area contributed by atoms with E-state index < -0.39 is 0 Å². The van der Waals surface area contributed by atoms with E-state index in [1.807, 2.05) is 36.4 Å². The molecule has 0 radical (unpaired) electrons. The second-order valence-electron chi connectivity index (χ2n) is 5.10. The molecule has 0 atom stereocenters. The van der Waals surface area contributed by atoms with Gasteiger partial charge in [0, 0.05) is 16.1 Å². The van der Waals surface area contributed by atoms with Crippen molar-refractivity contribution in [3.05, 3.63) is 82.8 Å². The maximum absolute atomic E-state index is 12.8. The Kier molecular flexibility index (Phi) is 4.56. The Morgan fingerprint density at radius 2 is 1.59 bits per heavy atom. The smallest absolute Gasteiger partial charge is 0.158 e. The molecule has 1 heterocycles. The van der Waals surface area contributed by atoms with Crippen LogP contribution in [0.5, 0.6) is 0 Å². The van der Waals surface area contributed by atoms with Gasteiger partial charge in [-0.15, -0.1) is 0 Å². The van der Waals surface area contributed by atoms with E-state index in [1.54, 1.807) is 12.1 Å². The van der Waals surface area contributed by atoms with Crippen LogP contribution in [0.2, 0.25) is 5.02 Å². The van der Waals surface area contributed by atoms with Gasteiger partial charge in [0.15, 0.2) is 5.76 Å². The monoisotopic (exact) mass is 316 g/mol. The minimum atomic E-state index is -0.206. The van der Waals surface area contributed by atoms with Gasteiger partial charge in [0.25, 0.3) is 0 Å². The molecule has 0 aliphatic heterocycles. The van der Waals surface area contributed by atoms with Crippen molar-refractivity contribution in [3.63, 3.8) is 0 Å². The van der Waals surface area contributed by atoms with E-state index in [1.165, 1.54) is 12.1 Å². The molecule has 0 saturated carbocycles. The summed E-state index contributed by atoms with van der Waals surface area (Å²) in [5.41, 5.74) is 2.10. The number of rotatable bonds is 5. The van der Waals surface area contributed by atoms with Crippen molar-refractivity contribution in [1.82, 2.24) is 0 Å². The average Bonchev–Trinajstić information content (AvgIpc) is 2.99. The third-order valence-electron chi connectivity index (χ3n) is 3.43. The van der Waals surface area contributed by atoms with Gasteiger partial charge in [-0.25, -0.2) is 4.39 Å². The summed E-state index contributed by atoms with van der Waals surface area (Å²) in [5.74, 6) is 1.54. The topological polar surface area (TPSA) is 29.8 Å². The van der Waals surface area contributed by atoms with Crippen LogP contribution in [0.4, 0.5) is 4.39 Å².